The molecule has 1 aromatic heterocycles. The van der Waals surface area contributed by atoms with Crippen LogP contribution < -0.4 is 20.1 Å². The third-order valence-electron chi connectivity index (χ3n) is 9.03. The zero-order valence-corrected chi connectivity index (χ0v) is 30.0. The van der Waals surface area contributed by atoms with Gasteiger partial charge in [0.2, 0.25) is 27.7 Å². The molecule has 5 rings (SSSR count). The summed E-state index contributed by atoms with van der Waals surface area (Å²) in [5.41, 5.74) is -2.10. The van der Waals surface area contributed by atoms with Crippen molar-refractivity contribution in [3.8, 4) is 5.88 Å². The number of carbonyl (C=O) groups excluding carboxylic acids is 4. The molecule has 14 heteroatoms. The smallest absolute Gasteiger partial charge is 0.408 e. The summed E-state index contributed by atoms with van der Waals surface area (Å²) in [5.74, 6) is -2.21. The number of benzene rings is 1. The number of likely N-dealkylation sites (tertiary alicyclic amines) is 1. The molecule has 4 amide bonds. The van der Waals surface area contributed by atoms with Gasteiger partial charge >= 0.3 is 6.09 Å². The van der Waals surface area contributed by atoms with Crippen molar-refractivity contribution in [2.24, 2.45) is 11.3 Å². The molecule has 1 saturated heterocycles. The van der Waals surface area contributed by atoms with Gasteiger partial charge in [-0.05, 0) is 69.9 Å². The molecule has 49 heavy (non-hydrogen) atoms. The molecular weight excluding hydrogens is 650 g/mol. The number of aryl methyl sites for hydroxylation is 1. The van der Waals surface area contributed by atoms with E-state index in [9.17, 15) is 27.6 Å². The van der Waals surface area contributed by atoms with Gasteiger partial charge in [-0.2, -0.15) is 0 Å². The van der Waals surface area contributed by atoms with Crippen molar-refractivity contribution >= 4 is 44.6 Å². The number of hydrogen-bond donors (Lipinski definition) is 3. The van der Waals surface area contributed by atoms with E-state index in [4.69, 9.17) is 9.47 Å². The van der Waals surface area contributed by atoms with Crippen molar-refractivity contribution in [1.29, 1.82) is 0 Å². The van der Waals surface area contributed by atoms with Gasteiger partial charge in [0.1, 0.15) is 29.3 Å². The van der Waals surface area contributed by atoms with Crippen molar-refractivity contribution < 1.29 is 37.1 Å². The first-order valence-electron chi connectivity index (χ1n) is 16.6. The van der Waals surface area contributed by atoms with Crippen LogP contribution in [0.4, 0.5) is 4.79 Å². The number of amides is 4. The number of hydrogen-bond acceptors (Lipinski definition) is 9. The number of nitrogens with zero attached hydrogens (tertiary/aromatic N) is 2. The lowest BCUT2D eigenvalue weighted by Gasteiger charge is -2.36. The highest BCUT2D eigenvalue weighted by Gasteiger charge is 2.62. The molecule has 13 nitrogen and oxygen atoms in total. The maximum atomic E-state index is 14.4. The molecule has 2 aliphatic carbocycles. The fourth-order valence-corrected chi connectivity index (χ4v) is 7.52. The van der Waals surface area contributed by atoms with Crippen LogP contribution in [0.1, 0.15) is 72.8 Å². The molecule has 0 unspecified atom stereocenters. The van der Waals surface area contributed by atoms with Crippen molar-refractivity contribution in [3.05, 3.63) is 48.7 Å². The molecule has 2 aromatic rings. The zero-order chi connectivity index (χ0) is 36.1. The molecule has 0 bridgehead atoms. The Bertz CT molecular complexity index is 1780. The first kappa shape index (κ1) is 36.1. The third kappa shape index (κ3) is 8.00. The number of nitrogens with one attached hydrogen (secondary N) is 3. The van der Waals surface area contributed by atoms with Crippen LogP contribution in [0.3, 0.4) is 0 Å². The van der Waals surface area contributed by atoms with Gasteiger partial charge in [-0.15, -0.1) is 6.58 Å². The maximum Gasteiger partial charge on any atom is 0.408 e. The zero-order valence-electron chi connectivity index (χ0n) is 29.2. The van der Waals surface area contributed by atoms with Crippen LogP contribution >= 0.6 is 0 Å². The van der Waals surface area contributed by atoms with E-state index in [0.717, 1.165) is 16.3 Å². The van der Waals surface area contributed by atoms with Gasteiger partial charge < -0.3 is 25.0 Å². The SMILES string of the molecule is C=C[C@@H]1C[C@]1(NC(=O)[C@@H]1C[C@@H](Oc2nccc3cc(C)ccc23)CN1C(=O)[C@@H](NC(=O)OC(C)(C)C)C(C)(C)C)C(=O)NS(=O)(=O)C1CC1. The van der Waals surface area contributed by atoms with Crippen LogP contribution in [0.2, 0.25) is 0 Å². The Morgan fingerprint density at radius 3 is 2.39 bits per heavy atom. The lowest BCUT2D eigenvalue weighted by Crippen LogP contribution is -2.60. The lowest BCUT2D eigenvalue weighted by molar-refractivity contribution is -0.143. The predicted octanol–water partition coefficient (Wildman–Crippen LogP) is 3.50. The highest BCUT2D eigenvalue weighted by atomic mass is 32.2. The largest absolute Gasteiger partial charge is 0.472 e. The van der Waals surface area contributed by atoms with E-state index < -0.39 is 79.7 Å². The minimum Gasteiger partial charge on any atom is -0.472 e. The summed E-state index contributed by atoms with van der Waals surface area (Å²) in [6.45, 7) is 16.2. The number of fused-ring (bicyclic) bond motifs is 1. The molecule has 3 fully saturated rings. The summed E-state index contributed by atoms with van der Waals surface area (Å²) in [6.07, 6.45) is 2.77. The van der Waals surface area contributed by atoms with E-state index >= 15 is 0 Å². The maximum absolute atomic E-state index is 14.4. The third-order valence-corrected chi connectivity index (χ3v) is 10.9. The van der Waals surface area contributed by atoms with Crippen LogP contribution in [-0.2, 0) is 29.1 Å². The molecule has 1 aliphatic heterocycles. The predicted molar refractivity (Wildman–Crippen MR) is 183 cm³/mol. The summed E-state index contributed by atoms with van der Waals surface area (Å²) >= 11 is 0. The lowest BCUT2D eigenvalue weighted by atomic mass is 9.85. The van der Waals surface area contributed by atoms with Crippen molar-refractivity contribution in [1.82, 2.24) is 25.2 Å². The second-order valence-corrected chi connectivity index (χ2v) is 17.4. The highest BCUT2D eigenvalue weighted by molar-refractivity contribution is 7.91. The average molecular weight is 698 g/mol. The Balaban J connectivity index is 1.44. The normalized spacial score (nSPS) is 24.5. The molecule has 5 atom stereocenters. The highest BCUT2D eigenvalue weighted by Crippen LogP contribution is 2.45. The molecule has 1 aromatic carbocycles. The van der Waals surface area contributed by atoms with Gasteiger partial charge in [-0.1, -0.05) is 44.5 Å². The average Bonchev–Trinajstić information content (AvgIpc) is 3.91. The standard InChI is InChI=1S/C35H47N5O8S/c1-9-22-18-35(22,31(43)39-49(45,46)24-11-12-24)38-28(41)26-17-23(47-29-25-13-10-20(2)16-21(25)14-15-36-29)19-40(26)30(42)27(33(3,4)5)37-32(44)48-34(6,7)8/h9-10,13-16,22-24,26-27H,1,11-12,17-19H2,2-8H3,(H,37,44)(H,38,41)(H,39,43)/t22-,23-,26+,27-,35-/m1/s1. The van der Waals surface area contributed by atoms with Crippen molar-refractivity contribution in [2.75, 3.05) is 6.54 Å². The van der Waals surface area contributed by atoms with E-state index in [1.54, 1.807) is 47.7 Å². The quantitative estimate of drug-likeness (QED) is 0.314. The first-order chi connectivity index (χ1) is 22.7. The summed E-state index contributed by atoms with van der Waals surface area (Å²) < 4.78 is 39.2. The fraction of sp³-hybridized carbons (Fsp3) is 0.571. The Kier molecular flexibility index (Phi) is 9.52. The van der Waals surface area contributed by atoms with Gasteiger partial charge in [-0.3, -0.25) is 19.1 Å². The molecule has 3 N–H and O–H groups in total. The summed E-state index contributed by atoms with van der Waals surface area (Å²) in [4.78, 5) is 60.6. The van der Waals surface area contributed by atoms with Gasteiger partial charge in [0.15, 0.2) is 0 Å². The number of sulfonamides is 1. The van der Waals surface area contributed by atoms with E-state index in [-0.39, 0.29) is 19.4 Å². The first-order valence-corrected chi connectivity index (χ1v) is 18.1. The second kappa shape index (κ2) is 12.9. The Morgan fingerprint density at radius 2 is 1.80 bits per heavy atom. The number of pyridine rings is 1. The monoisotopic (exact) mass is 697 g/mol. The Morgan fingerprint density at radius 1 is 1.10 bits per heavy atom. The number of aromatic nitrogens is 1. The van der Waals surface area contributed by atoms with Crippen LogP contribution in [-0.4, -0.2) is 83.2 Å². The summed E-state index contributed by atoms with van der Waals surface area (Å²) in [6, 6.07) is 5.48. The summed E-state index contributed by atoms with van der Waals surface area (Å²) in [5, 5.41) is 6.52. The van der Waals surface area contributed by atoms with Gasteiger partial charge in [0, 0.05) is 23.9 Å². The van der Waals surface area contributed by atoms with Crippen LogP contribution in [0, 0.1) is 18.3 Å². The Hall–Kier alpha value is -4.20. The topological polar surface area (TPSA) is 173 Å². The fourth-order valence-electron chi connectivity index (χ4n) is 6.16. The number of rotatable bonds is 10. The van der Waals surface area contributed by atoms with Crippen molar-refractivity contribution in [3.63, 3.8) is 0 Å². The second-order valence-electron chi connectivity index (χ2n) is 15.5. The van der Waals surface area contributed by atoms with Crippen LogP contribution in [0.5, 0.6) is 5.88 Å². The molecule has 0 radical (unpaired) electrons. The molecule has 0 spiro atoms. The molecular formula is C35H47N5O8S. The minimum absolute atomic E-state index is 0.0242. The number of ether oxygens (including phenoxy) is 2. The van der Waals surface area contributed by atoms with Gasteiger partial charge in [0.05, 0.1) is 11.8 Å². The van der Waals surface area contributed by atoms with Crippen LogP contribution in [0.15, 0.2) is 43.1 Å². The minimum atomic E-state index is -3.89. The van der Waals surface area contributed by atoms with Gasteiger partial charge in [0.25, 0.3) is 5.91 Å². The van der Waals surface area contributed by atoms with Crippen LogP contribution in [0.25, 0.3) is 10.8 Å². The Labute approximate surface area is 287 Å². The van der Waals surface area contributed by atoms with E-state index in [0.29, 0.717) is 18.7 Å². The number of alkyl carbamates (subject to hydrolysis) is 1. The molecule has 266 valence electrons. The van der Waals surface area contributed by atoms with E-state index in [2.05, 4.69) is 26.9 Å². The molecule has 3 aliphatic rings. The molecule has 2 saturated carbocycles. The van der Waals surface area contributed by atoms with Crippen molar-refractivity contribution in [2.45, 2.75) is 109 Å². The van der Waals surface area contributed by atoms with E-state index in [1.165, 1.54) is 11.0 Å². The van der Waals surface area contributed by atoms with Gasteiger partial charge in [-0.25, -0.2) is 18.2 Å². The number of carbonyl (C=O) groups is 4. The summed E-state index contributed by atoms with van der Waals surface area (Å²) in [7, 11) is -3.89. The van der Waals surface area contributed by atoms with E-state index in [1.807, 2.05) is 31.2 Å². The molecule has 2 heterocycles.